The van der Waals surface area contributed by atoms with E-state index in [4.69, 9.17) is 37.0 Å². The average molecular weight is 1290 g/mol. The van der Waals surface area contributed by atoms with E-state index in [9.17, 15) is 43.2 Å². The van der Waals surface area contributed by atoms with Gasteiger partial charge in [0.05, 0.1) is 26.4 Å². The number of allylic oxidation sites excluding steroid dienone is 4. The molecule has 0 aromatic rings. The first-order valence-electron chi connectivity index (χ1n) is 35.6. The van der Waals surface area contributed by atoms with Gasteiger partial charge < -0.3 is 33.8 Å². The lowest BCUT2D eigenvalue weighted by atomic mass is 10.1. The van der Waals surface area contributed by atoms with Crippen LogP contribution in [0.2, 0.25) is 0 Å². The van der Waals surface area contributed by atoms with Gasteiger partial charge in [-0.25, -0.2) is 9.13 Å². The summed E-state index contributed by atoms with van der Waals surface area (Å²) in [6.07, 6.45) is 53.3. The maximum absolute atomic E-state index is 13.0. The van der Waals surface area contributed by atoms with Gasteiger partial charge in [0.1, 0.15) is 19.3 Å². The molecule has 0 aliphatic heterocycles. The van der Waals surface area contributed by atoms with Crippen molar-refractivity contribution in [2.24, 2.45) is 0 Å². The first-order valence-corrected chi connectivity index (χ1v) is 38.6. The van der Waals surface area contributed by atoms with Gasteiger partial charge in [0, 0.05) is 25.7 Å². The van der Waals surface area contributed by atoms with Crippen molar-refractivity contribution in [1.29, 1.82) is 0 Å². The van der Waals surface area contributed by atoms with Crippen molar-refractivity contribution in [3.05, 3.63) is 24.3 Å². The Hall–Kier alpha value is -2.46. The molecule has 0 aromatic carbocycles. The predicted octanol–water partition coefficient (Wildman–Crippen LogP) is 19.4. The molecule has 5 atom stereocenters. The van der Waals surface area contributed by atoms with E-state index in [1.807, 2.05) is 0 Å². The van der Waals surface area contributed by atoms with Crippen LogP contribution in [-0.4, -0.2) is 96.7 Å². The van der Waals surface area contributed by atoms with E-state index < -0.39 is 97.5 Å². The summed E-state index contributed by atoms with van der Waals surface area (Å²) in [6.45, 7) is 4.86. The first-order chi connectivity index (χ1) is 42.7. The second-order valence-corrected chi connectivity index (χ2v) is 27.1. The third-order valence-corrected chi connectivity index (χ3v) is 17.4. The SMILES string of the molecule is CCCCCC/C=C\C=C/CCCCCCCC(=O)O[C@H](COC(=O)CCCCCCCCCCCCC)COP(=O)(O)OC[C@@H](O)COP(=O)(O)OC[C@@H](COC(=O)CCCCCCCCCCCCC)OC(=O)CCCCCCCCCCCCC. The number of unbranched alkanes of at least 4 members (excludes halogenated alkanes) is 39. The monoisotopic (exact) mass is 1290 g/mol. The van der Waals surface area contributed by atoms with Crippen LogP contribution in [0.4, 0.5) is 0 Å². The number of carbonyl (C=O) groups excluding carboxylic acids is 4. The highest BCUT2D eigenvalue weighted by molar-refractivity contribution is 7.47. The Kier molecular flexibility index (Phi) is 61.5. The van der Waals surface area contributed by atoms with Crippen molar-refractivity contribution >= 4 is 39.5 Å². The lowest BCUT2D eigenvalue weighted by Crippen LogP contribution is -2.30. The molecule has 0 rings (SSSR count). The number of esters is 4. The van der Waals surface area contributed by atoms with Crippen LogP contribution in [0.1, 0.15) is 336 Å². The molecule has 0 saturated carbocycles. The van der Waals surface area contributed by atoms with E-state index in [1.54, 1.807) is 0 Å². The number of phosphoric ester groups is 2. The number of carbonyl (C=O) groups is 4. The molecule has 0 aliphatic rings. The van der Waals surface area contributed by atoms with Crippen molar-refractivity contribution in [1.82, 2.24) is 0 Å². The van der Waals surface area contributed by atoms with Crippen molar-refractivity contribution in [2.75, 3.05) is 39.6 Å². The van der Waals surface area contributed by atoms with Crippen LogP contribution in [0.15, 0.2) is 24.3 Å². The fourth-order valence-electron chi connectivity index (χ4n) is 9.98. The van der Waals surface area contributed by atoms with Gasteiger partial charge in [-0.3, -0.25) is 37.3 Å². The summed E-state index contributed by atoms with van der Waals surface area (Å²) in [7, 11) is -9.91. The molecule has 17 nitrogen and oxygen atoms in total. The van der Waals surface area contributed by atoms with Crippen LogP contribution in [0.3, 0.4) is 0 Å². The molecule has 0 amide bonds. The smallest absolute Gasteiger partial charge is 0.462 e. The Bertz CT molecular complexity index is 1780. The van der Waals surface area contributed by atoms with E-state index >= 15 is 0 Å². The molecule has 88 heavy (non-hydrogen) atoms. The zero-order valence-corrected chi connectivity index (χ0v) is 58.0. The minimum absolute atomic E-state index is 0.0856. The zero-order chi connectivity index (χ0) is 64.7. The Morgan fingerprint density at radius 2 is 0.545 bits per heavy atom. The highest BCUT2D eigenvalue weighted by Crippen LogP contribution is 2.45. The molecule has 3 N–H and O–H groups in total. The normalized spacial score (nSPS) is 14.2. The Labute approximate surface area is 535 Å². The van der Waals surface area contributed by atoms with E-state index in [0.717, 1.165) is 103 Å². The summed E-state index contributed by atoms with van der Waals surface area (Å²) in [5.41, 5.74) is 0. The third kappa shape index (κ3) is 62.4. The number of phosphoric acid groups is 2. The molecule has 0 aromatic heterocycles. The van der Waals surface area contributed by atoms with Gasteiger partial charge in [-0.05, 0) is 51.4 Å². The Morgan fingerprint density at radius 3 is 0.830 bits per heavy atom. The van der Waals surface area contributed by atoms with E-state index in [0.29, 0.717) is 25.7 Å². The van der Waals surface area contributed by atoms with Crippen LogP contribution >= 0.6 is 15.6 Å². The molecular formula is C69H130O17P2. The third-order valence-electron chi connectivity index (χ3n) is 15.5. The van der Waals surface area contributed by atoms with Gasteiger partial charge in [-0.1, -0.05) is 283 Å². The van der Waals surface area contributed by atoms with Gasteiger partial charge in [0.15, 0.2) is 12.2 Å². The van der Waals surface area contributed by atoms with E-state index in [-0.39, 0.29) is 25.7 Å². The fourth-order valence-corrected chi connectivity index (χ4v) is 11.6. The number of aliphatic hydroxyl groups is 1. The molecule has 0 bridgehead atoms. The summed E-state index contributed by atoms with van der Waals surface area (Å²) >= 11 is 0. The predicted molar refractivity (Wildman–Crippen MR) is 354 cm³/mol. The second-order valence-electron chi connectivity index (χ2n) is 24.2. The van der Waals surface area contributed by atoms with Crippen molar-refractivity contribution in [3.63, 3.8) is 0 Å². The van der Waals surface area contributed by atoms with Crippen LogP contribution in [0.25, 0.3) is 0 Å². The highest BCUT2D eigenvalue weighted by atomic mass is 31.2. The molecule has 2 unspecified atom stereocenters. The molecule has 19 heteroatoms. The van der Waals surface area contributed by atoms with Gasteiger partial charge in [-0.2, -0.15) is 0 Å². The minimum Gasteiger partial charge on any atom is -0.462 e. The summed E-state index contributed by atoms with van der Waals surface area (Å²) in [5.74, 6) is -2.15. The quantitative estimate of drug-likeness (QED) is 0.0169. The maximum Gasteiger partial charge on any atom is 0.472 e. The van der Waals surface area contributed by atoms with Gasteiger partial charge in [-0.15, -0.1) is 0 Å². The topological polar surface area (TPSA) is 237 Å². The number of ether oxygens (including phenoxy) is 4. The fraction of sp³-hybridized carbons (Fsp3) is 0.884. The van der Waals surface area contributed by atoms with Gasteiger partial charge >= 0.3 is 39.5 Å². The van der Waals surface area contributed by atoms with Gasteiger partial charge in [0.2, 0.25) is 0 Å². The van der Waals surface area contributed by atoms with Gasteiger partial charge in [0.25, 0.3) is 0 Å². The first kappa shape index (κ1) is 85.5. The molecule has 0 fully saturated rings. The molecule has 0 radical (unpaired) electrons. The lowest BCUT2D eigenvalue weighted by Gasteiger charge is -2.21. The molecule has 0 heterocycles. The standard InChI is InChI=1S/C69H130O17P2/c1-5-9-13-17-21-25-29-30-31-32-36-40-44-48-52-56-69(74)86-65(60-80-67(72)54-50-46-42-38-34-27-23-19-15-11-7-3)62-84-88(77,78)82-58-63(70)57-81-87(75,76)83-61-64(85-68(73)55-51-47-43-39-35-28-24-20-16-12-8-4)59-79-66(71)53-49-45-41-37-33-26-22-18-14-10-6-2/h25,29-31,63-65,70H,5-24,26-28,32-62H2,1-4H3,(H,75,76)(H,77,78)/b29-25-,31-30-/t63-,64+,65+/m0/s1. The lowest BCUT2D eigenvalue weighted by molar-refractivity contribution is -0.161. The number of rotatable bonds is 68. The molecule has 0 aliphatic carbocycles. The zero-order valence-electron chi connectivity index (χ0n) is 56.2. The Morgan fingerprint density at radius 1 is 0.318 bits per heavy atom. The minimum atomic E-state index is -4.96. The second kappa shape index (κ2) is 63.3. The highest BCUT2D eigenvalue weighted by Gasteiger charge is 2.30. The van der Waals surface area contributed by atoms with Crippen LogP contribution in [0.5, 0.6) is 0 Å². The Balaban J connectivity index is 5.28. The van der Waals surface area contributed by atoms with Crippen molar-refractivity contribution in [3.8, 4) is 0 Å². The summed E-state index contributed by atoms with van der Waals surface area (Å²) in [5, 5.41) is 10.6. The van der Waals surface area contributed by atoms with Crippen molar-refractivity contribution < 1.29 is 80.2 Å². The van der Waals surface area contributed by atoms with Crippen LogP contribution in [0, 0.1) is 0 Å². The number of hydrogen-bond donors (Lipinski definition) is 3. The molecular weight excluding hydrogens is 1160 g/mol. The van der Waals surface area contributed by atoms with Crippen LogP contribution < -0.4 is 0 Å². The van der Waals surface area contributed by atoms with E-state index in [1.165, 1.54) is 154 Å². The average Bonchev–Trinajstić information content (AvgIpc) is 3.70. The van der Waals surface area contributed by atoms with Crippen LogP contribution in [-0.2, 0) is 65.4 Å². The summed E-state index contributed by atoms with van der Waals surface area (Å²) < 4.78 is 68.2. The van der Waals surface area contributed by atoms with E-state index in [2.05, 4.69) is 52.0 Å². The summed E-state index contributed by atoms with van der Waals surface area (Å²) in [6, 6.07) is 0. The maximum atomic E-state index is 13.0. The summed E-state index contributed by atoms with van der Waals surface area (Å²) in [4.78, 5) is 72.4. The molecule has 0 spiro atoms. The largest absolute Gasteiger partial charge is 0.472 e. The number of hydrogen-bond acceptors (Lipinski definition) is 15. The van der Waals surface area contributed by atoms with Crippen molar-refractivity contribution in [2.45, 2.75) is 354 Å². The molecule has 518 valence electrons. The molecule has 0 saturated heterocycles. The number of aliphatic hydroxyl groups excluding tert-OH is 1.